The fourth-order valence-corrected chi connectivity index (χ4v) is 3.95. The average Bonchev–Trinajstić information content (AvgIpc) is 2.52. The van der Waals surface area contributed by atoms with Gasteiger partial charge in [0.25, 0.3) is 0 Å². The van der Waals surface area contributed by atoms with Crippen LogP contribution in [-0.2, 0) is 0 Å². The first-order valence-electron chi connectivity index (χ1n) is 7.86. The zero-order valence-corrected chi connectivity index (χ0v) is 13.8. The monoisotopic (exact) mass is 306 g/mol. The van der Waals surface area contributed by atoms with E-state index in [0.717, 1.165) is 31.1 Å². The van der Waals surface area contributed by atoms with Crippen LogP contribution in [0, 0.1) is 11.3 Å². The van der Waals surface area contributed by atoms with E-state index < -0.39 is 0 Å². The number of benzene rings is 1. The van der Waals surface area contributed by atoms with Gasteiger partial charge in [-0.1, -0.05) is 19.9 Å². The van der Waals surface area contributed by atoms with Crippen LogP contribution in [-0.4, -0.2) is 50.0 Å². The second-order valence-corrected chi connectivity index (χ2v) is 6.90. The molecule has 2 N–H and O–H groups in total. The molecule has 2 aliphatic rings. The molecule has 0 spiro atoms. The van der Waals surface area contributed by atoms with E-state index in [1.54, 1.807) is 14.2 Å². The number of methoxy groups -OCH3 is 2. The highest BCUT2D eigenvalue weighted by Crippen LogP contribution is 2.41. The minimum absolute atomic E-state index is 0.0786. The van der Waals surface area contributed by atoms with Gasteiger partial charge >= 0.3 is 0 Å². The molecule has 2 bridgehead atoms. The Morgan fingerprint density at radius 2 is 2.00 bits per heavy atom. The molecule has 0 aliphatic carbocycles. The number of aliphatic hydroxyl groups is 1. The van der Waals surface area contributed by atoms with E-state index in [4.69, 9.17) is 9.47 Å². The quantitative estimate of drug-likeness (QED) is 0.889. The molecule has 0 radical (unpaired) electrons. The molecule has 22 heavy (non-hydrogen) atoms. The topological polar surface area (TPSA) is 54.0 Å². The van der Waals surface area contributed by atoms with Gasteiger partial charge in [-0.05, 0) is 23.6 Å². The fraction of sp³-hybridized carbons (Fsp3) is 0.647. The van der Waals surface area contributed by atoms with E-state index in [2.05, 4.69) is 30.1 Å². The lowest BCUT2D eigenvalue weighted by atomic mass is 9.72. The molecule has 1 aromatic carbocycles. The van der Waals surface area contributed by atoms with Crippen LogP contribution in [0.15, 0.2) is 18.2 Å². The van der Waals surface area contributed by atoms with Crippen molar-refractivity contribution in [2.24, 2.45) is 11.3 Å². The number of hydrogen-bond acceptors (Lipinski definition) is 5. The predicted octanol–water partition coefficient (Wildman–Crippen LogP) is 1.62. The number of nitrogens with zero attached hydrogens (tertiary/aromatic N) is 1. The molecule has 1 aromatic rings. The Bertz CT molecular complexity index is 551. The van der Waals surface area contributed by atoms with Crippen LogP contribution < -0.4 is 14.8 Å². The number of ether oxygens (including phenoxy) is 2. The predicted molar refractivity (Wildman–Crippen MR) is 85.1 cm³/mol. The Balaban J connectivity index is 1.87. The van der Waals surface area contributed by atoms with Gasteiger partial charge in [-0.2, -0.15) is 0 Å². The maximum Gasteiger partial charge on any atom is 0.161 e. The molecule has 2 saturated heterocycles. The standard InChI is InChI=1S/C17H26N2O3/c1-11-8-19-10-17(2,15(11)20)9-18-16(19)12-5-6-13(21-3)14(7-12)22-4/h5-7,11,15-16,18,20H,8-10H2,1-4H3/t11-,15+,16-,17-/m1/s1. The Labute approximate surface area is 132 Å². The number of hydrogen-bond donors (Lipinski definition) is 2. The average molecular weight is 306 g/mol. The van der Waals surface area contributed by atoms with Gasteiger partial charge in [0.1, 0.15) is 0 Å². The summed E-state index contributed by atoms with van der Waals surface area (Å²) in [7, 11) is 3.31. The molecular formula is C17H26N2O3. The third kappa shape index (κ3) is 2.47. The Morgan fingerprint density at radius 3 is 2.68 bits per heavy atom. The molecule has 0 aromatic heterocycles. The maximum atomic E-state index is 10.5. The van der Waals surface area contributed by atoms with Gasteiger partial charge in [0, 0.05) is 25.0 Å². The van der Waals surface area contributed by atoms with E-state index >= 15 is 0 Å². The van der Waals surface area contributed by atoms with Crippen molar-refractivity contribution in [2.75, 3.05) is 33.9 Å². The summed E-state index contributed by atoms with van der Waals surface area (Å²) >= 11 is 0. The fourth-order valence-electron chi connectivity index (χ4n) is 3.95. The van der Waals surface area contributed by atoms with Crippen LogP contribution in [0.1, 0.15) is 25.6 Å². The number of fused-ring (bicyclic) bond motifs is 2. The first kappa shape index (κ1) is 15.6. The normalized spacial score (nSPS) is 37.7. The Kier molecular flexibility index (Phi) is 4.05. The second-order valence-electron chi connectivity index (χ2n) is 6.90. The molecule has 3 rings (SSSR count). The smallest absolute Gasteiger partial charge is 0.161 e. The van der Waals surface area contributed by atoms with Crippen molar-refractivity contribution >= 4 is 0 Å². The zero-order chi connectivity index (χ0) is 15.9. The van der Waals surface area contributed by atoms with Crippen LogP contribution in [0.4, 0.5) is 0 Å². The van der Waals surface area contributed by atoms with E-state index in [-0.39, 0.29) is 23.6 Å². The SMILES string of the molecule is COc1ccc([C@@H]2NC[C@]3(C)CN2C[C@@H](C)[C@@H]3O)cc1OC. The number of piperidine rings is 1. The van der Waals surface area contributed by atoms with Crippen molar-refractivity contribution in [2.45, 2.75) is 26.1 Å². The number of aliphatic hydroxyl groups excluding tert-OH is 1. The first-order chi connectivity index (χ1) is 10.5. The Morgan fingerprint density at radius 1 is 1.27 bits per heavy atom. The van der Waals surface area contributed by atoms with Crippen LogP contribution in [0.3, 0.4) is 0 Å². The molecule has 2 heterocycles. The molecule has 5 atom stereocenters. The van der Waals surface area contributed by atoms with Gasteiger partial charge in [0.15, 0.2) is 11.5 Å². The van der Waals surface area contributed by atoms with Gasteiger partial charge in [-0.15, -0.1) is 0 Å². The summed E-state index contributed by atoms with van der Waals surface area (Å²) in [5.74, 6) is 1.78. The van der Waals surface area contributed by atoms with Crippen molar-refractivity contribution < 1.29 is 14.6 Å². The van der Waals surface area contributed by atoms with E-state index in [9.17, 15) is 5.11 Å². The van der Waals surface area contributed by atoms with Crippen molar-refractivity contribution in [1.82, 2.24) is 10.2 Å². The van der Waals surface area contributed by atoms with Gasteiger partial charge in [-0.3, -0.25) is 10.2 Å². The number of nitrogens with one attached hydrogen (secondary N) is 1. The van der Waals surface area contributed by atoms with Gasteiger partial charge in [0.2, 0.25) is 0 Å². The molecule has 0 amide bonds. The molecule has 1 unspecified atom stereocenters. The third-order valence-corrected chi connectivity index (χ3v) is 5.13. The molecule has 2 aliphatic heterocycles. The third-order valence-electron chi connectivity index (χ3n) is 5.13. The summed E-state index contributed by atoms with van der Waals surface area (Å²) in [6.07, 6.45) is -0.0922. The maximum absolute atomic E-state index is 10.5. The van der Waals surface area contributed by atoms with Crippen LogP contribution in [0.2, 0.25) is 0 Å². The van der Waals surface area contributed by atoms with E-state index in [0.29, 0.717) is 0 Å². The van der Waals surface area contributed by atoms with Crippen molar-refractivity contribution in [3.05, 3.63) is 23.8 Å². The highest BCUT2D eigenvalue weighted by molar-refractivity contribution is 5.43. The number of rotatable bonds is 3. The largest absolute Gasteiger partial charge is 0.493 e. The van der Waals surface area contributed by atoms with E-state index in [1.807, 2.05) is 12.1 Å². The lowest BCUT2D eigenvalue weighted by Crippen LogP contribution is -2.65. The lowest BCUT2D eigenvalue weighted by molar-refractivity contribution is -0.114. The summed E-state index contributed by atoms with van der Waals surface area (Å²) < 4.78 is 10.7. The highest BCUT2D eigenvalue weighted by Gasteiger charge is 2.47. The first-order valence-corrected chi connectivity index (χ1v) is 7.86. The van der Waals surface area contributed by atoms with Crippen LogP contribution in [0.25, 0.3) is 0 Å². The summed E-state index contributed by atoms with van der Waals surface area (Å²) in [6, 6.07) is 6.07. The molecule has 5 heteroatoms. The summed E-state index contributed by atoms with van der Waals surface area (Å²) in [5.41, 5.74) is 1.09. The molecule has 5 nitrogen and oxygen atoms in total. The second kappa shape index (κ2) is 5.72. The van der Waals surface area contributed by atoms with E-state index in [1.165, 1.54) is 5.56 Å². The lowest BCUT2D eigenvalue weighted by Gasteiger charge is -2.54. The molecule has 2 fully saturated rings. The van der Waals surface area contributed by atoms with Crippen LogP contribution in [0.5, 0.6) is 11.5 Å². The minimum atomic E-state index is -0.248. The van der Waals surface area contributed by atoms with Gasteiger partial charge in [0.05, 0.1) is 26.5 Å². The van der Waals surface area contributed by atoms with Crippen molar-refractivity contribution in [3.63, 3.8) is 0 Å². The summed E-state index contributed by atoms with van der Waals surface area (Å²) in [6.45, 7) is 6.91. The highest BCUT2D eigenvalue weighted by atomic mass is 16.5. The minimum Gasteiger partial charge on any atom is -0.493 e. The van der Waals surface area contributed by atoms with Crippen molar-refractivity contribution in [1.29, 1.82) is 0 Å². The molecule has 122 valence electrons. The summed E-state index contributed by atoms with van der Waals surface area (Å²) in [4.78, 5) is 2.42. The Hall–Kier alpha value is -1.30. The van der Waals surface area contributed by atoms with Crippen LogP contribution >= 0.6 is 0 Å². The van der Waals surface area contributed by atoms with Gasteiger partial charge < -0.3 is 14.6 Å². The van der Waals surface area contributed by atoms with Gasteiger partial charge in [-0.25, -0.2) is 0 Å². The molecule has 0 saturated carbocycles. The molecular weight excluding hydrogens is 280 g/mol. The van der Waals surface area contributed by atoms with Crippen molar-refractivity contribution in [3.8, 4) is 11.5 Å². The zero-order valence-electron chi connectivity index (χ0n) is 13.8. The summed E-state index contributed by atoms with van der Waals surface area (Å²) in [5, 5.41) is 14.0.